The molecule has 0 radical (unpaired) electrons. The Labute approximate surface area is 144 Å². The topological polar surface area (TPSA) is 137 Å². The zero-order valence-corrected chi connectivity index (χ0v) is 14.5. The Morgan fingerprint density at radius 3 is 1.96 bits per heavy atom. The molecule has 0 spiro atoms. The maximum Gasteiger partial charge on any atom is 0.328 e. The van der Waals surface area contributed by atoms with Crippen LogP contribution in [0.15, 0.2) is 0 Å². The molecule has 25 heavy (non-hydrogen) atoms. The summed E-state index contributed by atoms with van der Waals surface area (Å²) in [4.78, 5) is 59.4. The molecular formula is C15H22N2O8. The molecule has 0 aromatic rings. The van der Waals surface area contributed by atoms with Gasteiger partial charge >= 0.3 is 17.9 Å². The SMILES string of the molecule is COC(=O)C(C(=O)OC)[C@H](C)[C@@H](NC(=O)[C@H]1CCC(=O)N1)C(=O)OC. The van der Waals surface area contributed by atoms with Gasteiger partial charge in [0.25, 0.3) is 0 Å². The highest BCUT2D eigenvalue weighted by atomic mass is 16.5. The number of nitrogens with one attached hydrogen (secondary N) is 2. The highest BCUT2D eigenvalue weighted by Crippen LogP contribution is 2.21. The molecule has 0 unspecified atom stereocenters. The average molecular weight is 358 g/mol. The van der Waals surface area contributed by atoms with Crippen molar-refractivity contribution in [3.8, 4) is 0 Å². The molecule has 3 atom stereocenters. The molecule has 1 aliphatic rings. The lowest BCUT2D eigenvalue weighted by Gasteiger charge is -2.27. The lowest BCUT2D eigenvalue weighted by Crippen LogP contribution is -2.54. The Kier molecular flexibility index (Phi) is 7.34. The van der Waals surface area contributed by atoms with Gasteiger partial charge in [0.2, 0.25) is 11.8 Å². The van der Waals surface area contributed by atoms with Crippen molar-refractivity contribution in [1.29, 1.82) is 0 Å². The summed E-state index contributed by atoms with van der Waals surface area (Å²) in [5.41, 5.74) is 0. The predicted octanol–water partition coefficient (Wildman–Crippen LogP) is -1.48. The van der Waals surface area contributed by atoms with Gasteiger partial charge in [-0.25, -0.2) is 4.79 Å². The fourth-order valence-corrected chi connectivity index (χ4v) is 2.57. The van der Waals surface area contributed by atoms with Crippen molar-refractivity contribution in [1.82, 2.24) is 10.6 Å². The number of carbonyl (C=O) groups excluding carboxylic acids is 5. The van der Waals surface area contributed by atoms with Gasteiger partial charge in [-0.1, -0.05) is 6.92 Å². The fourth-order valence-electron chi connectivity index (χ4n) is 2.57. The van der Waals surface area contributed by atoms with Crippen LogP contribution in [0.3, 0.4) is 0 Å². The molecule has 140 valence electrons. The number of amides is 2. The van der Waals surface area contributed by atoms with Crippen molar-refractivity contribution in [2.45, 2.75) is 31.8 Å². The summed E-state index contributed by atoms with van der Waals surface area (Å²) in [6.07, 6.45) is 0.480. The summed E-state index contributed by atoms with van der Waals surface area (Å²) in [7, 11) is 3.28. The highest BCUT2D eigenvalue weighted by Gasteiger charge is 2.43. The van der Waals surface area contributed by atoms with Crippen LogP contribution in [-0.2, 0) is 38.2 Å². The summed E-state index contributed by atoms with van der Waals surface area (Å²) in [5, 5.41) is 4.89. The van der Waals surface area contributed by atoms with E-state index >= 15 is 0 Å². The molecule has 1 fully saturated rings. The van der Waals surface area contributed by atoms with E-state index in [0.29, 0.717) is 0 Å². The molecule has 0 aromatic carbocycles. The van der Waals surface area contributed by atoms with Crippen molar-refractivity contribution >= 4 is 29.7 Å². The number of ether oxygens (including phenoxy) is 3. The third-order valence-corrected chi connectivity index (χ3v) is 4.03. The van der Waals surface area contributed by atoms with Gasteiger partial charge in [-0.15, -0.1) is 0 Å². The Bertz CT molecular complexity index is 546. The predicted molar refractivity (Wildman–Crippen MR) is 81.8 cm³/mol. The average Bonchev–Trinajstić information content (AvgIpc) is 3.04. The summed E-state index contributed by atoms with van der Waals surface area (Å²) < 4.78 is 13.8. The van der Waals surface area contributed by atoms with Crippen LogP contribution in [-0.4, -0.2) is 63.1 Å². The Morgan fingerprint density at radius 1 is 1.04 bits per heavy atom. The molecule has 0 aromatic heterocycles. The first-order valence-electron chi connectivity index (χ1n) is 7.60. The summed E-state index contributed by atoms with van der Waals surface area (Å²) in [6.45, 7) is 1.41. The van der Waals surface area contributed by atoms with Gasteiger partial charge in [-0.3, -0.25) is 19.2 Å². The zero-order chi connectivity index (χ0) is 19.1. The number of esters is 3. The largest absolute Gasteiger partial charge is 0.468 e. The van der Waals surface area contributed by atoms with Gasteiger partial charge in [0.15, 0.2) is 5.92 Å². The van der Waals surface area contributed by atoms with E-state index < -0.39 is 47.7 Å². The van der Waals surface area contributed by atoms with Crippen LogP contribution in [0.5, 0.6) is 0 Å². The Balaban J connectivity index is 3.00. The van der Waals surface area contributed by atoms with E-state index in [1.807, 2.05) is 0 Å². The standard InChI is InChI=1S/C15H22N2O8/c1-7(10(13(20)23-2)14(21)24-3)11(15(22)25-4)17-12(19)8-5-6-9(18)16-8/h7-8,10-11H,5-6H2,1-4H3,(H,16,18)(H,17,19)/t7-,8+,11+/m0/s1. The lowest BCUT2D eigenvalue weighted by molar-refractivity contribution is -0.163. The maximum atomic E-state index is 12.3. The molecule has 1 heterocycles. The lowest BCUT2D eigenvalue weighted by atomic mass is 9.87. The van der Waals surface area contributed by atoms with E-state index in [1.165, 1.54) is 6.92 Å². The van der Waals surface area contributed by atoms with Crippen molar-refractivity contribution in [2.75, 3.05) is 21.3 Å². The van der Waals surface area contributed by atoms with Crippen molar-refractivity contribution < 1.29 is 38.2 Å². The monoisotopic (exact) mass is 358 g/mol. The van der Waals surface area contributed by atoms with Crippen molar-refractivity contribution in [3.63, 3.8) is 0 Å². The van der Waals surface area contributed by atoms with Crippen molar-refractivity contribution in [3.05, 3.63) is 0 Å². The number of carbonyl (C=O) groups is 5. The second-order valence-electron chi connectivity index (χ2n) is 5.55. The van der Waals surface area contributed by atoms with Gasteiger partial charge in [0, 0.05) is 12.3 Å². The van der Waals surface area contributed by atoms with Gasteiger partial charge < -0.3 is 24.8 Å². The van der Waals surface area contributed by atoms with Crippen LogP contribution >= 0.6 is 0 Å². The van der Waals surface area contributed by atoms with E-state index in [2.05, 4.69) is 24.8 Å². The third kappa shape index (κ3) is 4.91. The van der Waals surface area contributed by atoms with Crippen LogP contribution in [0.1, 0.15) is 19.8 Å². The molecule has 10 heteroatoms. The van der Waals surface area contributed by atoms with E-state index in [-0.39, 0.29) is 18.7 Å². The molecule has 2 amide bonds. The van der Waals surface area contributed by atoms with Gasteiger partial charge in [0.1, 0.15) is 12.1 Å². The minimum Gasteiger partial charge on any atom is -0.468 e. The van der Waals surface area contributed by atoms with Crippen LogP contribution < -0.4 is 10.6 Å². The van der Waals surface area contributed by atoms with Crippen LogP contribution in [0.25, 0.3) is 0 Å². The Hall–Kier alpha value is -2.65. The second-order valence-corrected chi connectivity index (χ2v) is 5.55. The molecule has 1 rings (SSSR count). The number of rotatable bonds is 7. The summed E-state index contributed by atoms with van der Waals surface area (Å²) >= 11 is 0. The molecular weight excluding hydrogens is 336 g/mol. The van der Waals surface area contributed by atoms with Crippen LogP contribution in [0.2, 0.25) is 0 Å². The summed E-state index contributed by atoms with van der Waals surface area (Å²) in [6, 6.07) is -2.10. The number of hydrogen-bond acceptors (Lipinski definition) is 8. The first-order valence-corrected chi connectivity index (χ1v) is 7.60. The minimum absolute atomic E-state index is 0.198. The number of methoxy groups -OCH3 is 3. The molecule has 0 bridgehead atoms. The maximum absolute atomic E-state index is 12.3. The van der Waals surface area contributed by atoms with E-state index in [4.69, 9.17) is 0 Å². The minimum atomic E-state index is -1.43. The highest BCUT2D eigenvalue weighted by molar-refractivity contribution is 5.97. The first-order chi connectivity index (χ1) is 11.8. The van der Waals surface area contributed by atoms with E-state index in [1.54, 1.807) is 0 Å². The first kappa shape index (κ1) is 20.4. The van der Waals surface area contributed by atoms with Crippen molar-refractivity contribution in [2.24, 2.45) is 11.8 Å². The number of hydrogen-bond donors (Lipinski definition) is 2. The normalized spacial score (nSPS) is 18.8. The third-order valence-electron chi connectivity index (χ3n) is 4.03. The van der Waals surface area contributed by atoms with Gasteiger partial charge in [-0.05, 0) is 6.42 Å². The molecule has 0 saturated carbocycles. The summed E-state index contributed by atoms with van der Waals surface area (Å²) in [5.74, 6) is -5.98. The Morgan fingerprint density at radius 2 is 1.56 bits per heavy atom. The molecule has 2 N–H and O–H groups in total. The van der Waals surface area contributed by atoms with Gasteiger partial charge in [0.05, 0.1) is 21.3 Å². The molecule has 1 aliphatic heterocycles. The quantitative estimate of drug-likeness (QED) is 0.319. The van der Waals surface area contributed by atoms with E-state index in [9.17, 15) is 24.0 Å². The van der Waals surface area contributed by atoms with Crippen LogP contribution in [0, 0.1) is 11.8 Å². The molecule has 1 saturated heterocycles. The molecule has 10 nitrogen and oxygen atoms in total. The molecule has 0 aliphatic carbocycles. The fraction of sp³-hybridized carbons (Fsp3) is 0.667. The van der Waals surface area contributed by atoms with E-state index in [0.717, 1.165) is 21.3 Å². The van der Waals surface area contributed by atoms with Gasteiger partial charge in [-0.2, -0.15) is 0 Å². The zero-order valence-electron chi connectivity index (χ0n) is 14.5. The van der Waals surface area contributed by atoms with Crippen LogP contribution in [0.4, 0.5) is 0 Å². The smallest absolute Gasteiger partial charge is 0.328 e. The second kappa shape index (κ2) is 9.00.